The maximum absolute atomic E-state index is 11.1. The Morgan fingerprint density at radius 1 is 0.897 bits per heavy atom. The maximum Gasteiger partial charge on any atom is 1.00 e. The molecule has 0 rings (SSSR count). The number of carboxylic acids is 3. The molecule has 0 unspecified atom stereocenters. The Morgan fingerprint density at radius 3 is 1.59 bits per heavy atom. The van der Waals surface area contributed by atoms with E-state index in [1.807, 2.05) is 0 Å². The number of hydrogen-bond donors (Lipinski definition) is 1. The van der Waals surface area contributed by atoms with Crippen molar-refractivity contribution in [1.29, 1.82) is 0 Å². The van der Waals surface area contributed by atoms with Crippen molar-refractivity contribution < 1.29 is 197 Å². The van der Waals surface area contributed by atoms with Gasteiger partial charge in [0, 0.05) is 70.8 Å². The van der Waals surface area contributed by atoms with Crippen molar-refractivity contribution >= 4 is 26.7 Å². The summed E-state index contributed by atoms with van der Waals surface area (Å²) in [6.45, 7) is -1.14. The summed E-state index contributed by atoms with van der Waals surface area (Å²) in [6.07, 6.45) is -1.27. The van der Waals surface area contributed by atoms with Crippen molar-refractivity contribution in [3.8, 4) is 0 Å². The zero-order valence-corrected chi connectivity index (χ0v) is 28.5. The molecular formula is C14H25K3N2O9Si. The van der Waals surface area contributed by atoms with Gasteiger partial charge in [-0.1, -0.05) is 0 Å². The number of carbonyl (C=O) groups is 3. The van der Waals surface area contributed by atoms with Crippen LogP contribution in [0, 0.1) is 0 Å². The molecular weight excluding hydrogens is 486 g/mol. The van der Waals surface area contributed by atoms with Gasteiger partial charge >= 0.3 is 163 Å². The summed E-state index contributed by atoms with van der Waals surface area (Å²) in [6, 6.07) is 0.289. The van der Waals surface area contributed by atoms with E-state index in [1.54, 1.807) is 0 Å². The van der Waals surface area contributed by atoms with Crippen LogP contribution in [0.2, 0.25) is 6.04 Å². The Bertz CT molecular complexity index is 475. The zero-order valence-electron chi connectivity index (χ0n) is 18.1. The molecule has 15 heteroatoms. The fourth-order valence-corrected chi connectivity index (χ4v) is 4.48. The molecule has 0 atom stereocenters. The molecule has 0 aromatic heterocycles. The number of aliphatic carboxylic acids is 3. The first-order valence-corrected chi connectivity index (χ1v) is 9.73. The zero-order chi connectivity index (χ0) is 20.4. The first-order chi connectivity index (χ1) is 12.1. The third-order valence-electron chi connectivity index (χ3n) is 4.16. The minimum Gasteiger partial charge on any atom is -0.550 e. The molecule has 11 nitrogen and oxygen atoms in total. The van der Waals surface area contributed by atoms with Crippen LogP contribution in [0.4, 0.5) is 0 Å². The molecule has 29 heavy (non-hydrogen) atoms. The van der Waals surface area contributed by atoms with Gasteiger partial charge in [0.05, 0.1) is 5.97 Å². The Hall–Kier alpha value is 3.34. The fraction of sp³-hybridized carbons (Fsp3) is 0.786. The van der Waals surface area contributed by atoms with Crippen LogP contribution in [-0.2, 0) is 27.7 Å². The summed E-state index contributed by atoms with van der Waals surface area (Å²) >= 11 is 0. The summed E-state index contributed by atoms with van der Waals surface area (Å²) in [4.78, 5) is 34.4. The first-order valence-electron chi connectivity index (χ1n) is 7.80. The molecule has 0 amide bonds. The number of carboxylic acid groups (broad SMARTS) is 3. The second-order valence-corrected chi connectivity index (χ2v) is 8.81. The van der Waals surface area contributed by atoms with Gasteiger partial charge in [-0.05, 0) is 13.0 Å². The van der Waals surface area contributed by atoms with Crippen molar-refractivity contribution in [3.63, 3.8) is 0 Å². The van der Waals surface area contributed by atoms with E-state index in [2.05, 4.69) is 0 Å². The largest absolute Gasteiger partial charge is 1.00 e. The molecule has 0 aliphatic rings. The minimum atomic E-state index is -2.94. The van der Waals surface area contributed by atoms with Gasteiger partial charge in [-0.2, -0.15) is 0 Å². The molecule has 0 saturated heterocycles. The number of rotatable bonds is 15. The monoisotopic (exact) mass is 510 g/mol. The predicted octanol–water partition coefficient (Wildman–Crippen LogP) is -13.7. The van der Waals surface area contributed by atoms with Gasteiger partial charge in [0.2, 0.25) is 0 Å². The van der Waals surface area contributed by atoms with E-state index >= 15 is 0 Å². The topological polar surface area (TPSA) is 177 Å². The van der Waals surface area contributed by atoms with Crippen LogP contribution >= 0.6 is 0 Å². The molecule has 0 radical (unpaired) electrons. The van der Waals surface area contributed by atoms with Gasteiger partial charge in [-0.25, -0.2) is 0 Å². The molecule has 0 saturated carbocycles. The SMILES string of the molecule is CO[Si](CCCN(CC(=O)[O-])C(CN)(CC(=O)[O-])CC(=O)[O-])(OC)OC.[K+].[K+].[K+]. The normalized spacial score (nSPS) is 11.1. The van der Waals surface area contributed by atoms with Crippen LogP contribution < -0.4 is 175 Å². The molecule has 0 heterocycles. The molecule has 0 fully saturated rings. The van der Waals surface area contributed by atoms with Crippen LogP contribution in [0.3, 0.4) is 0 Å². The second-order valence-electron chi connectivity index (χ2n) is 5.72. The van der Waals surface area contributed by atoms with E-state index in [-0.39, 0.29) is 173 Å². The van der Waals surface area contributed by atoms with Crippen molar-refractivity contribution in [1.82, 2.24) is 4.90 Å². The molecule has 0 spiro atoms. The van der Waals surface area contributed by atoms with E-state index in [9.17, 15) is 29.7 Å². The van der Waals surface area contributed by atoms with Crippen molar-refractivity contribution in [2.24, 2.45) is 5.73 Å². The Kier molecular flexibility index (Phi) is 28.2. The van der Waals surface area contributed by atoms with Gasteiger partial charge < -0.3 is 48.7 Å². The van der Waals surface area contributed by atoms with Crippen molar-refractivity contribution in [3.05, 3.63) is 0 Å². The third-order valence-corrected chi connectivity index (χ3v) is 6.99. The molecule has 0 aromatic carbocycles. The van der Waals surface area contributed by atoms with E-state index in [1.165, 1.54) is 21.3 Å². The smallest absolute Gasteiger partial charge is 0.550 e. The van der Waals surface area contributed by atoms with Crippen LogP contribution in [0.25, 0.3) is 0 Å². The van der Waals surface area contributed by atoms with E-state index in [0.29, 0.717) is 0 Å². The van der Waals surface area contributed by atoms with Gasteiger partial charge in [-0.3, -0.25) is 4.90 Å². The number of carbonyl (C=O) groups excluding carboxylic acids is 3. The summed E-state index contributed by atoms with van der Waals surface area (Å²) in [7, 11) is 1.30. The minimum absolute atomic E-state index is 0. The molecule has 0 aliphatic carbocycles. The van der Waals surface area contributed by atoms with Crippen LogP contribution in [0.15, 0.2) is 0 Å². The van der Waals surface area contributed by atoms with E-state index in [4.69, 9.17) is 19.0 Å². The Labute approximate surface area is 299 Å². The van der Waals surface area contributed by atoms with Crippen LogP contribution in [-0.4, -0.2) is 78.1 Å². The van der Waals surface area contributed by atoms with Crippen molar-refractivity contribution in [2.75, 3.05) is 41.0 Å². The Balaban J connectivity index is -0.00000104. The van der Waals surface area contributed by atoms with Crippen LogP contribution in [0.5, 0.6) is 0 Å². The number of nitrogens with zero attached hydrogens (tertiary/aromatic N) is 1. The molecule has 0 aromatic rings. The molecule has 2 N–H and O–H groups in total. The van der Waals surface area contributed by atoms with Gasteiger partial charge in [0.15, 0.2) is 0 Å². The molecule has 0 bridgehead atoms. The van der Waals surface area contributed by atoms with Gasteiger partial charge in [-0.15, -0.1) is 0 Å². The first kappa shape index (κ1) is 39.5. The van der Waals surface area contributed by atoms with Gasteiger partial charge in [0.1, 0.15) is 0 Å². The fourth-order valence-electron chi connectivity index (χ4n) is 2.78. The predicted molar refractivity (Wildman–Crippen MR) is 83.8 cm³/mol. The summed E-state index contributed by atoms with van der Waals surface area (Å²) in [5.74, 6) is -4.63. The molecule has 152 valence electrons. The Morgan fingerprint density at radius 2 is 1.31 bits per heavy atom. The molecule has 0 aliphatic heterocycles. The second kappa shape index (κ2) is 20.7. The van der Waals surface area contributed by atoms with Gasteiger partial charge in [0.25, 0.3) is 0 Å². The standard InChI is InChI=1S/C14H28N2O9Si.3K/c1-23-26(24-2,25-3)6-4-5-16(9-13(21)22)14(10-15,7-11(17)18)8-12(19)20;;;/h4-10,15H2,1-3H3,(H,17,18)(H,19,20)(H,21,22);;;/q;3*+1/p-3. The summed E-state index contributed by atoms with van der Waals surface area (Å²) in [5.41, 5.74) is 3.93. The summed E-state index contributed by atoms with van der Waals surface area (Å²) < 4.78 is 15.8. The van der Waals surface area contributed by atoms with E-state index < -0.39 is 58.2 Å². The quantitative estimate of drug-likeness (QED) is 0.207. The average Bonchev–Trinajstić information content (AvgIpc) is 2.56. The average molecular weight is 511 g/mol. The number of hydrogen-bond acceptors (Lipinski definition) is 11. The summed E-state index contributed by atoms with van der Waals surface area (Å²) in [5, 5.41) is 33.3. The van der Waals surface area contributed by atoms with E-state index in [0.717, 1.165) is 4.90 Å². The third kappa shape index (κ3) is 15.0. The number of nitrogens with two attached hydrogens (primary N) is 1. The maximum atomic E-state index is 11.1. The van der Waals surface area contributed by atoms with Crippen LogP contribution in [0.1, 0.15) is 19.3 Å². The van der Waals surface area contributed by atoms with Crippen molar-refractivity contribution in [2.45, 2.75) is 30.8 Å².